The van der Waals surface area contributed by atoms with E-state index in [1.54, 1.807) is 19.2 Å². The topological polar surface area (TPSA) is 47.6 Å². The highest BCUT2D eigenvalue weighted by atomic mass is 79.9. The van der Waals surface area contributed by atoms with Gasteiger partial charge in [-0.1, -0.05) is 39.7 Å². The summed E-state index contributed by atoms with van der Waals surface area (Å²) in [6, 6.07) is 13.0. The Morgan fingerprint density at radius 3 is 2.61 bits per heavy atom. The molecular formula is C17H17BrClNO3. The van der Waals surface area contributed by atoms with E-state index < -0.39 is 0 Å². The monoisotopic (exact) mass is 397 g/mol. The van der Waals surface area contributed by atoms with Crippen LogP contribution in [-0.2, 0) is 11.2 Å². The number of hydrogen-bond acceptors (Lipinski definition) is 3. The quantitative estimate of drug-likeness (QED) is 0.770. The van der Waals surface area contributed by atoms with Gasteiger partial charge in [-0.25, -0.2) is 0 Å². The van der Waals surface area contributed by atoms with Crippen LogP contribution in [0.1, 0.15) is 5.56 Å². The minimum atomic E-state index is -0.183. The molecule has 2 aromatic carbocycles. The smallest absolute Gasteiger partial charge is 0.257 e. The number of hydrogen-bond donors (Lipinski definition) is 1. The zero-order valence-corrected chi connectivity index (χ0v) is 15.0. The highest BCUT2D eigenvalue weighted by Crippen LogP contribution is 2.27. The van der Waals surface area contributed by atoms with Crippen LogP contribution >= 0.6 is 27.5 Å². The molecule has 0 radical (unpaired) electrons. The maximum absolute atomic E-state index is 11.8. The second-order valence-electron chi connectivity index (χ2n) is 4.81. The predicted molar refractivity (Wildman–Crippen MR) is 94.4 cm³/mol. The molecule has 6 heteroatoms. The lowest BCUT2D eigenvalue weighted by Gasteiger charge is -2.09. The van der Waals surface area contributed by atoms with E-state index >= 15 is 0 Å². The minimum absolute atomic E-state index is 0.0655. The van der Waals surface area contributed by atoms with E-state index in [-0.39, 0.29) is 12.5 Å². The fraction of sp³-hybridized carbons (Fsp3) is 0.235. The molecule has 0 fully saturated rings. The lowest BCUT2D eigenvalue weighted by Crippen LogP contribution is -2.30. The zero-order valence-electron chi connectivity index (χ0n) is 12.6. The highest BCUT2D eigenvalue weighted by molar-refractivity contribution is 9.10. The van der Waals surface area contributed by atoms with E-state index in [0.717, 1.165) is 22.2 Å². The molecule has 0 aromatic heterocycles. The Bertz CT molecular complexity index is 661. The molecule has 4 nitrogen and oxygen atoms in total. The molecule has 2 aromatic rings. The standard InChI is InChI=1S/C17H17BrClNO3/c1-22-14-5-2-12(3-6-14)8-9-20-17(21)11-23-16-7-4-13(18)10-15(16)19/h2-7,10H,8-9,11H2,1H3,(H,20,21). The molecule has 1 N–H and O–H groups in total. The molecule has 0 heterocycles. The average molecular weight is 399 g/mol. The molecule has 0 aliphatic rings. The Morgan fingerprint density at radius 2 is 1.96 bits per heavy atom. The van der Waals surface area contributed by atoms with Crippen LogP contribution in [0.3, 0.4) is 0 Å². The largest absolute Gasteiger partial charge is 0.497 e. The summed E-state index contributed by atoms with van der Waals surface area (Å²) in [5.41, 5.74) is 1.13. The van der Waals surface area contributed by atoms with Crippen molar-refractivity contribution in [1.29, 1.82) is 0 Å². The van der Waals surface area contributed by atoms with E-state index in [4.69, 9.17) is 21.1 Å². The Morgan fingerprint density at radius 1 is 1.22 bits per heavy atom. The van der Waals surface area contributed by atoms with Crippen molar-refractivity contribution in [3.8, 4) is 11.5 Å². The van der Waals surface area contributed by atoms with Crippen LogP contribution < -0.4 is 14.8 Å². The Kier molecular flexibility index (Phi) is 6.74. The maximum Gasteiger partial charge on any atom is 0.257 e. The molecule has 0 aliphatic heterocycles. The third kappa shape index (κ3) is 5.77. The molecule has 0 saturated heterocycles. The fourth-order valence-electron chi connectivity index (χ4n) is 1.93. The Labute approximate surface area is 148 Å². The van der Waals surface area contributed by atoms with E-state index in [0.29, 0.717) is 17.3 Å². The summed E-state index contributed by atoms with van der Waals surface area (Å²) in [6.07, 6.45) is 0.745. The van der Waals surface area contributed by atoms with Crippen molar-refractivity contribution in [1.82, 2.24) is 5.32 Å². The number of carbonyl (C=O) groups is 1. The summed E-state index contributed by atoms with van der Waals surface area (Å²) in [7, 11) is 1.63. The van der Waals surface area contributed by atoms with Crippen molar-refractivity contribution in [2.75, 3.05) is 20.3 Å². The molecule has 0 bridgehead atoms. The third-order valence-corrected chi connectivity index (χ3v) is 3.94. The molecule has 23 heavy (non-hydrogen) atoms. The van der Waals surface area contributed by atoms with Gasteiger partial charge in [0.15, 0.2) is 6.61 Å². The number of amides is 1. The number of halogens is 2. The minimum Gasteiger partial charge on any atom is -0.497 e. The van der Waals surface area contributed by atoms with Gasteiger partial charge >= 0.3 is 0 Å². The summed E-state index contributed by atoms with van der Waals surface area (Å²) in [4.78, 5) is 11.8. The summed E-state index contributed by atoms with van der Waals surface area (Å²) in [5, 5.41) is 3.28. The molecule has 1 amide bonds. The van der Waals surface area contributed by atoms with E-state index in [1.807, 2.05) is 30.3 Å². The SMILES string of the molecule is COc1ccc(CCNC(=O)COc2ccc(Br)cc2Cl)cc1. The van der Waals surface area contributed by atoms with Crippen molar-refractivity contribution in [3.05, 3.63) is 57.5 Å². The van der Waals surface area contributed by atoms with Crippen LogP contribution in [0.4, 0.5) is 0 Å². The molecule has 0 saturated carbocycles. The molecule has 122 valence electrons. The Hall–Kier alpha value is -1.72. The lowest BCUT2D eigenvalue weighted by molar-refractivity contribution is -0.123. The van der Waals surface area contributed by atoms with Crippen LogP contribution in [-0.4, -0.2) is 26.2 Å². The number of nitrogens with one attached hydrogen (secondary N) is 1. The van der Waals surface area contributed by atoms with Crippen LogP contribution in [0.15, 0.2) is 46.9 Å². The van der Waals surface area contributed by atoms with Crippen LogP contribution in [0, 0.1) is 0 Å². The van der Waals surface area contributed by atoms with E-state index in [2.05, 4.69) is 21.2 Å². The van der Waals surface area contributed by atoms with Crippen LogP contribution in [0.5, 0.6) is 11.5 Å². The number of carbonyl (C=O) groups excluding carboxylic acids is 1. The third-order valence-electron chi connectivity index (χ3n) is 3.15. The van der Waals surface area contributed by atoms with Gasteiger partial charge in [0, 0.05) is 11.0 Å². The van der Waals surface area contributed by atoms with E-state index in [1.165, 1.54) is 0 Å². The number of ether oxygens (including phenoxy) is 2. The molecule has 0 spiro atoms. The summed E-state index contributed by atoms with van der Waals surface area (Å²) < 4.78 is 11.4. The Balaban J connectivity index is 1.72. The number of rotatable bonds is 7. The van der Waals surface area contributed by atoms with Crippen molar-refractivity contribution >= 4 is 33.4 Å². The van der Waals surface area contributed by atoms with Gasteiger partial charge in [0.05, 0.1) is 12.1 Å². The maximum atomic E-state index is 11.8. The summed E-state index contributed by atoms with van der Waals surface area (Å²) in [5.74, 6) is 1.12. The van der Waals surface area contributed by atoms with Gasteiger partial charge < -0.3 is 14.8 Å². The summed E-state index contributed by atoms with van der Waals surface area (Å²) >= 11 is 9.34. The number of methoxy groups -OCH3 is 1. The average Bonchev–Trinajstić information content (AvgIpc) is 2.54. The van der Waals surface area contributed by atoms with Crippen LogP contribution in [0.25, 0.3) is 0 Å². The van der Waals surface area contributed by atoms with Gasteiger partial charge in [-0.05, 0) is 42.3 Å². The van der Waals surface area contributed by atoms with Gasteiger partial charge in [0.25, 0.3) is 5.91 Å². The van der Waals surface area contributed by atoms with Crippen molar-refractivity contribution in [3.63, 3.8) is 0 Å². The van der Waals surface area contributed by atoms with E-state index in [9.17, 15) is 4.79 Å². The highest BCUT2D eigenvalue weighted by Gasteiger charge is 2.06. The second-order valence-corrected chi connectivity index (χ2v) is 6.13. The van der Waals surface area contributed by atoms with Gasteiger partial charge in [0.2, 0.25) is 0 Å². The molecule has 0 aliphatic carbocycles. The van der Waals surface area contributed by atoms with Crippen molar-refractivity contribution in [2.24, 2.45) is 0 Å². The number of benzene rings is 2. The van der Waals surface area contributed by atoms with Gasteiger partial charge in [-0.2, -0.15) is 0 Å². The van der Waals surface area contributed by atoms with Crippen molar-refractivity contribution in [2.45, 2.75) is 6.42 Å². The first-order chi connectivity index (χ1) is 11.1. The predicted octanol–water partition coefficient (Wildman–Crippen LogP) is 3.85. The zero-order chi connectivity index (χ0) is 16.7. The summed E-state index contributed by atoms with van der Waals surface area (Å²) in [6.45, 7) is 0.479. The molecule has 0 unspecified atom stereocenters. The van der Waals surface area contributed by atoms with Gasteiger partial charge in [-0.15, -0.1) is 0 Å². The van der Waals surface area contributed by atoms with Crippen molar-refractivity contribution < 1.29 is 14.3 Å². The second kappa shape index (κ2) is 8.79. The first kappa shape index (κ1) is 17.6. The molecule has 2 rings (SSSR count). The molecular weight excluding hydrogens is 382 g/mol. The normalized spacial score (nSPS) is 10.2. The first-order valence-corrected chi connectivity index (χ1v) is 8.23. The van der Waals surface area contributed by atoms with Gasteiger partial charge in [-0.3, -0.25) is 4.79 Å². The first-order valence-electron chi connectivity index (χ1n) is 7.06. The molecule has 0 atom stereocenters. The van der Waals surface area contributed by atoms with Crippen LogP contribution in [0.2, 0.25) is 5.02 Å². The lowest BCUT2D eigenvalue weighted by atomic mass is 10.1. The van der Waals surface area contributed by atoms with Gasteiger partial charge in [0.1, 0.15) is 11.5 Å². The fourth-order valence-corrected chi connectivity index (χ4v) is 2.65.